The molecule has 6 heteroatoms. The van der Waals surface area contributed by atoms with Crippen LogP contribution in [0.5, 0.6) is 0 Å². The number of nitrogens with two attached hydrogens (primary N) is 1. The Balaban J connectivity index is 2.11. The molecule has 0 atom stereocenters. The van der Waals surface area contributed by atoms with Crippen LogP contribution in [0.2, 0.25) is 0 Å². The van der Waals surface area contributed by atoms with Gasteiger partial charge in [-0.15, -0.1) is 11.3 Å². The fourth-order valence-corrected chi connectivity index (χ4v) is 2.30. The molecule has 0 bridgehead atoms. The van der Waals surface area contributed by atoms with Gasteiger partial charge in [0.1, 0.15) is 23.0 Å². The van der Waals surface area contributed by atoms with E-state index in [-0.39, 0.29) is 0 Å². The number of nitrogen functional groups attached to an aromatic ring is 1. The maximum Gasteiger partial charge on any atom is 0.135 e. The molecule has 0 unspecified atom stereocenters. The highest BCUT2D eigenvalue weighted by atomic mass is 32.1. The predicted molar refractivity (Wildman–Crippen MR) is 70.0 cm³/mol. The molecule has 17 heavy (non-hydrogen) atoms. The van der Waals surface area contributed by atoms with Crippen LogP contribution in [-0.4, -0.2) is 15.0 Å². The largest absolute Gasteiger partial charge is 0.383 e. The quantitative estimate of drug-likeness (QED) is 0.866. The van der Waals surface area contributed by atoms with E-state index < -0.39 is 0 Å². The minimum absolute atomic E-state index is 0.542. The maximum absolute atomic E-state index is 5.80. The highest BCUT2D eigenvalue weighted by Crippen LogP contribution is 2.19. The summed E-state index contributed by atoms with van der Waals surface area (Å²) in [5.74, 6) is 1.34. The zero-order valence-electron chi connectivity index (χ0n) is 9.90. The van der Waals surface area contributed by atoms with Crippen LogP contribution in [0, 0.1) is 6.92 Å². The molecular formula is C11H15N5S. The van der Waals surface area contributed by atoms with Crippen LogP contribution < -0.4 is 11.1 Å². The van der Waals surface area contributed by atoms with Gasteiger partial charge in [-0.1, -0.05) is 6.92 Å². The second-order valence-electron chi connectivity index (χ2n) is 3.66. The lowest BCUT2D eigenvalue weighted by molar-refractivity contribution is 1.01. The number of hydrogen-bond donors (Lipinski definition) is 2. The number of nitrogens with one attached hydrogen (secondary N) is 1. The van der Waals surface area contributed by atoms with E-state index >= 15 is 0 Å². The smallest absolute Gasteiger partial charge is 0.135 e. The van der Waals surface area contributed by atoms with E-state index in [9.17, 15) is 0 Å². The van der Waals surface area contributed by atoms with E-state index in [1.54, 1.807) is 11.3 Å². The number of anilines is 2. The third-order valence-electron chi connectivity index (χ3n) is 2.41. The molecule has 0 saturated heterocycles. The number of aromatic nitrogens is 3. The molecule has 0 aromatic carbocycles. The Morgan fingerprint density at radius 3 is 2.82 bits per heavy atom. The molecule has 0 aliphatic rings. The molecule has 3 N–H and O–H groups in total. The van der Waals surface area contributed by atoms with E-state index in [1.165, 1.54) is 11.2 Å². The average molecular weight is 249 g/mol. The number of nitrogens with zero attached hydrogens (tertiary/aromatic N) is 3. The molecular weight excluding hydrogens is 234 g/mol. The second kappa shape index (κ2) is 5.09. The first-order valence-corrected chi connectivity index (χ1v) is 6.27. The number of rotatable bonds is 4. The fourth-order valence-electron chi connectivity index (χ4n) is 1.57. The van der Waals surface area contributed by atoms with Crippen molar-refractivity contribution in [2.24, 2.45) is 0 Å². The van der Waals surface area contributed by atoms with Gasteiger partial charge in [-0.3, -0.25) is 0 Å². The Labute approximate surface area is 104 Å². The van der Waals surface area contributed by atoms with Gasteiger partial charge in [0.15, 0.2) is 0 Å². The summed E-state index contributed by atoms with van der Waals surface area (Å²) < 4.78 is 0. The van der Waals surface area contributed by atoms with Gasteiger partial charge >= 0.3 is 0 Å². The molecule has 0 spiro atoms. The van der Waals surface area contributed by atoms with E-state index in [0.29, 0.717) is 12.4 Å². The highest BCUT2D eigenvalue weighted by molar-refractivity contribution is 7.11. The van der Waals surface area contributed by atoms with Gasteiger partial charge < -0.3 is 11.1 Å². The second-order valence-corrected chi connectivity index (χ2v) is 4.98. The SMILES string of the molecule is CCc1c(N)ncnc1NCc1ncc(C)s1. The van der Waals surface area contributed by atoms with E-state index in [0.717, 1.165) is 22.8 Å². The van der Waals surface area contributed by atoms with E-state index in [4.69, 9.17) is 5.73 Å². The van der Waals surface area contributed by atoms with Gasteiger partial charge in [-0.2, -0.15) is 0 Å². The van der Waals surface area contributed by atoms with Crippen LogP contribution in [0.25, 0.3) is 0 Å². The van der Waals surface area contributed by atoms with Crippen molar-refractivity contribution >= 4 is 23.0 Å². The van der Waals surface area contributed by atoms with Crippen molar-refractivity contribution in [2.75, 3.05) is 11.1 Å². The molecule has 5 nitrogen and oxygen atoms in total. The lowest BCUT2D eigenvalue weighted by Gasteiger charge is -2.09. The Morgan fingerprint density at radius 1 is 1.35 bits per heavy atom. The third kappa shape index (κ3) is 2.71. The molecule has 0 saturated carbocycles. The Bertz CT molecular complexity index is 508. The molecule has 0 fully saturated rings. The topological polar surface area (TPSA) is 76.7 Å². The van der Waals surface area contributed by atoms with E-state index in [2.05, 4.69) is 20.3 Å². The molecule has 2 aromatic rings. The van der Waals surface area contributed by atoms with Gasteiger partial charge in [0, 0.05) is 16.6 Å². The molecule has 0 amide bonds. The first-order valence-electron chi connectivity index (χ1n) is 5.45. The molecule has 90 valence electrons. The van der Waals surface area contributed by atoms with Gasteiger partial charge in [0.25, 0.3) is 0 Å². The standard InChI is InChI=1S/C11H15N5S/c1-3-8-10(12)15-6-16-11(8)14-5-9-13-4-7(2)17-9/h4,6H,3,5H2,1-2H3,(H3,12,14,15,16). The molecule has 0 aliphatic carbocycles. The normalized spacial score (nSPS) is 10.5. The van der Waals surface area contributed by atoms with Crippen LogP contribution in [0.1, 0.15) is 22.4 Å². The van der Waals surface area contributed by atoms with Crippen LogP contribution in [0.3, 0.4) is 0 Å². The first kappa shape index (κ1) is 11.8. The van der Waals surface area contributed by atoms with Crippen molar-refractivity contribution in [3.05, 3.63) is 28.0 Å². The first-order chi connectivity index (χ1) is 8.20. The summed E-state index contributed by atoms with van der Waals surface area (Å²) >= 11 is 1.68. The summed E-state index contributed by atoms with van der Waals surface area (Å²) in [7, 11) is 0. The van der Waals surface area contributed by atoms with Gasteiger partial charge in [-0.05, 0) is 13.3 Å². The summed E-state index contributed by atoms with van der Waals surface area (Å²) in [5, 5.41) is 4.29. The Hall–Kier alpha value is -1.69. The number of hydrogen-bond acceptors (Lipinski definition) is 6. The van der Waals surface area contributed by atoms with Crippen LogP contribution in [0.15, 0.2) is 12.5 Å². The minimum atomic E-state index is 0.542. The minimum Gasteiger partial charge on any atom is -0.383 e. The Kier molecular flexibility index (Phi) is 3.53. The number of thiazole rings is 1. The van der Waals surface area contributed by atoms with Crippen LogP contribution in [-0.2, 0) is 13.0 Å². The van der Waals surface area contributed by atoms with Crippen molar-refractivity contribution in [3.8, 4) is 0 Å². The lowest BCUT2D eigenvalue weighted by Crippen LogP contribution is -2.07. The van der Waals surface area contributed by atoms with Crippen LogP contribution >= 0.6 is 11.3 Å². The maximum atomic E-state index is 5.80. The van der Waals surface area contributed by atoms with Crippen molar-refractivity contribution in [1.82, 2.24) is 15.0 Å². The van der Waals surface area contributed by atoms with E-state index in [1.807, 2.05) is 20.0 Å². The number of aryl methyl sites for hydroxylation is 1. The predicted octanol–water partition coefficient (Wildman–Crippen LogP) is 2.00. The van der Waals surface area contributed by atoms with Crippen molar-refractivity contribution in [2.45, 2.75) is 26.8 Å². The zero-order valence-corrected chi connectivity index (χ0v) is 10.7. The van der Waals surface area contributed by atoms with Gasteiger partial charge in [0.05, 0.1) is 6.54 Å². The summed E-state index contributed by atoms with van der Waals surface area (Å²) in [6.45, 7) is 4.75. The highest BCUT2D eigenvalue weighted by Gasteiger charge is 2.07. The molecule has 2 aromatic heterocycles. The summed E-state index contributed by atoms with van der Waals surface area (Å²) in [5.41, 5.74) is 6.76. The van der Waals surface area contributed by atoms with Gasteiger partial charge in [-0.25, -0.2) is 15.0 Å². The molecule has 0 aliphatic heterocycles. The summed E-state index contributed by atoms with van der Waals surface area (Å²) in [6, 6.07) is 0. The summed E-state index contributed by atoms with van der Waals surface area (Å²) in [4.78, 5) is 13.7. The molecule has 2 rings (SSSR count). The third-order valence-corrected chi connectivity index (χ3v) is 3.32. The van der Waals surface area contributed by atoms with Gasteiger partial charge in [0.2, 0.25) is 0 Å². The molecule has 0 radical (unpaired) electrons. The zero-order chi connectivity index (χ0) is 12.3. The van der Waals surface area contributed by atoms with Crippen molar-refractivity contribution in [1.29, 1.82) is 0 Å². The summed E-state index contributed by atoms with van der Waals surface area (Å²) in [6.07, 6.45) is 4.16. The lowest BCUT2D eigenvalue weighted by atomic mass is 10.2. The van der Waals surface area contributed by atoms with Crippen molar-refractivity contribution in [3.63, 3.8) is 0 Å². The fraction of sp³-hybridized carbons (Fsp3) is 0.364. The van der Waals surface area contributed by atoms with Crippen molar-refractivity contribution < 1.29 is 0 Å². The monoisotopic (exact) mass is 249 g/mol. The average Bonchev–Trinajstić information content (AvgIpc) is 2.72. The van der Waals surface area contributed by atoms with Crippen LogP contribution in [0.4, 0.5) is 11.6 Å². The Morgan fingerprint density at radius 2 is 2.18 bits per heavy atom. The molecule has 2 heterocycles.